The highest BCUT2D eigenvalue weighted by Crippen LogP contribution is 2.43. The van der Waals surface area contributed by atoms with E-state index >= 15 is 0 Å². The van der Waals surface area contributed by atoms with Gasteiger partial charge in [0.15, 0.2) is 0 Å². The van der Waals surface area contributed by atoms with Gasteiger partial charge in [0.25, 0.3) is 5.56 Å². The maximum absolute atomic E-state index is 15.0. The van der Waals surface area contributed by atoms with Crippen LogP contribution in [0.25, 0.3) is 10.9 Å². The van der Waals surface area contributed by atoms with Crippen LogP contribution in [0.5, 0.6) is 0 Å². The van der Waals surface area contributed by atoms with Crippen molar-refractivity contribution in [2.45, 2.75) is 64.1 Å². The molecule has 3 aromatic rings. The molecule has 33 heavy (non-hydrogen) atoms. The number of alkyl halides is 2. The SMILES string of the molecule is Cc1nc(NCc2cccc(C(F)(F)C(C)(C)O)c2F)c2cn(C3(C)CC3)c(=O)c(F)c2n1. The number of fused-ring (bicyclic) bond motifs is 1. The summed E-state index contributed by atoms with van der Waals surface area (Å²) in [5, 5.41) is 12.9. The van der Waals surface area contributed by atoms with E-state index < -0.39 is 39.8 Å². The second kappa shape index (κ2) is 7.51. The number of hydrogen-bond acceptors (Lipinski definition) is 5. The number of aryl methyl sites for hydroxylation is 1. The highest BCUT2D eigenvalue weighted by molar-refractivity contribution is 5.88. The van der Waals surface area contributed by atoms with E-state index in [4.69, 9.17) is 0 Å². The van der Waals surface area contributed by atoms with Crippen LogP contribution >= 0.6 is 0 Å². The van der Waals surface area contributed by atoms with Crippen molar-refractivity contribution in [3.05, 3.63) is 63.3 Å². The number of nitrogens with zero attached hydrogens (tertiary/aromatic N) is 3. The lowest BCUT2D eigenvalue weighted by molar-refractivity contribution is -0.170. The molecular weight excluding hydrogens is 440 g/mol. The fourth-order valence-corrected chi connectivity index (χ4v) is 3.69. The summed E-state index contributed by atoms with van der Waals surface area (Å²) in [6.07, 6.45) is 2.92. The van der Waals surface area contributed by atoms with Crippen LogP contribution in [0.2, 0.25) is 0 Å². The van der Waals surface area contributed by atoms with E-state index in [9.17, 15) is 27.5 Å². The largest absolute Gasteiger partial charge is 0.384 e. The van der Waals surface area contributed by atoms with Gasteiger partial charge in [-0.1, -0.05) is 12.1 Å². The Morgan fingerprint density at radius 3 is 2.45 bits per heavy atom. The zero-order valence-corrected chi connectivity index (χ0v) is 18.6. The number of benzene rings is 1. The van der Waals surface area contributed by atoms with Gasteiger partial charge in [0.2, 0.25) is 5.82 Å². The Morgan fingerprint density at radius 1 is 1.18 bits per heavy atom. The summed E-state index contributed by atoms with van der Waals surface area (Å²) in [7, 11) is 0. The first kappa shape index (κ1) is 23.2. The first-order valence-corrected chi connectivity index (χ1v) is 10.5. The zero-order valence-electron chi connectivity index (χ0n) is 18.6. The lowest BCUT2D eigenvalue weighted by Crippen LogP contribution is -2.41. The maximum Gasteiger partial charge on any atom is 0.303 e. The first-order chi connectivity index (χ1) is 15.3. The van der Waals surface area contributed by atoms with Gasteiger partial charge in [-0.15, -0.1) is 0 Å². The van der Waals surface area contributed by atoms with Crippen molar-refractivity contribution in [2.24, 2.45) is 0 Å². The highest BCUT2D eigenvalue weighted by Gasteiger charge is 2.49. The molecule has 0 spiro atoms. The smallest absolute Gasteiger partial charge is 0.303 e. The number of aliphatic hydroxyl groups is 1. The molecule has 10 heteroatoms. The summed E-state index contributed by atoms with van der Waals surface area (Å²) in [6.45, 7) is 4.92. The summed E-state index contributed by atoms with van der Waals surface area (Å²) >= 11 is 0. The molecule has 0 saturated heterocycles. The van der Waals surface area contributed by atoms with E-state index in [1.54, 1.807) is 0 Å². The van der Waals surface area contributed by atoms with E-state index in [2.05, 4.69) is 15.3 Å². The van der Waals surface area contributed by atoms with Crippen molar-refractivity contribution in [2.75, 3.05) is 5.32 Å². The van der Waals surface area contributed by atoms with Gasteiger partial charge in [-0.05, 0) is 46.6 Å². The topological polar surface area (TPSA) is 80.0 Å². The zero-order chi connectivity index (χ0) is 24.3. The maximum atomic E-state index is 15.0. The Bertz CT molecular complexity index is 1310. The third kappa shape index (κ3) is 3.86. The van der Waals surface area contributed by atoms with E-state index in [1.807, 2.05) is 6.92 Å². The van der Waals surface area contributed by atoms with Gasteiger partial charge in [0, 0.05) is 23.8 Å². The van der Waals surface area contributed by atoms with Crippen molar-refractivity contribution in [3.63, 3.8) is 0 Å². The number of anilines is 1. The molecule has 6 nitrogen and oxygen atoms in total. The van der Waals surface area contributed by atoms with Crippen LogP contribution < -0.4 is 10.9 Å². The van der Waals surface area contributed by atoms with Crippen LogP contribution in [0.4, 0.5) is 23.4 Å². The predicted octanol–water partition coefficient (Wildman–Crippen LogP) is 4.36. The Labute approximate surface area is 187 Å². The lowest BCUT2D eigenvalue weighted by Gasteiger charge is -2.30. The quantitative estimate of drug-likeness (QED) is 0.530. The molecule has 1 aliphatic rings. The van der Waals surface area contributed by atoms with Crippen LogP contribution in [-0.4, -0.2) is 25.2 Å². The molecule has 0 radical (unpaired) electrons. The molecule has 0 amide bonds. The minimum Gasteiger partial charge on any atom is -0.384 e. The number of halogens is 4. The number of aromatic nitrogens is 3. The van der Waals surface area contributed by atoms with Crippen LogP contribution in [0.3, 0.4) is 0 Å². The highest BCUT2D eigenvalue weighted by atomic mass is 19.3. The number of nitrogens with one attached hydrogen (secondary N) is 1. The molecule has 0 bridgehead atoms. The monoisotopic (exact) mass is 464 g/mol. The molecule has 176 valence electrons. The normalized spacial score (nSPS) is 15.7. The Balaban J connectivity index is 1.75. The van der Waals surface area contributed by atoms with Gasteiger partial charge < -0.3 is 15.0 Å². The van der Waals surface area contributed by atoms with E-state index in [-0.39, 0.29) is 34.7 Å². The fourth-order valence-electron chi connectivity index (χ4n) is 3.69. The van der Waals surface area contributed by atoms with Crippen LogP contribution in [0, 0.1) is 18.6 Å². The molecule has 1 saturated carbocycles. The average Bonchev–Trinajstić information content (AvgIpc) is 3.47. The van der Waals surface area contributed by atoms with E-state index in [0.717, 1.165) is 32.8 Å². The summed E-state index contributed by atoms with van der Waals surface area (Å²) < 4.78 is 60.3. The van der Waals surface area contributed by atoms with Crippen LogP contribution in [0.1, 0.15) is 50.6 Å². The third-order valence-corrected chi connectivity index (χ3v) is 6.12. The number of pyridine rings is 1. The molecule has 4 rings (SSSR count). The summed E-state index contributed by atoms with van der Waals surface area (Å²) in [5.41, 5.74) is -4.93. The van der Waals surface area contributed by atoms with Crippen molar-refractivity contribution in [1.29, 1.82) is 0 Å². The van der Waals surface area contributed by atoms with E-state index in [1.165, 1.54) is 29.8 Å². The summed E-state index contributed by atoms with van der Waals surface area (Å²) in [5.74, 6) is -5.67. The Kier molecular flexibility index (Phi) is 5.27. The summed E-state index contributed by atoms with van der Waals surface area (Å²) in [4.78, 5) is 20.8. The Morgan fingerprint density at radius 2 is 1.85 bits per heavy atom. The second-order valence-electron chi connectivity index (χ2n) is 9.26. The van der Waals surface area contributed by atoms with Crippen LogP contribution in [0.15, 0.2) is 29.2 Å². The molecule has 1 aromatic carbocycles. The molecule has 1 aliphatic carbocycles. The van der Waals surface area contributed by atoms with Gasteiger partial charge in [-0.3, -0.25) is 4.79 Å². The third-order valence-electron chi connectivity index (χ3n) is 6.12. The number of rotatable bonds is 6. The molecule has 1 fully saturated rings. The summed E-state index contributed by atoms with van der Waals surface area (Å²) in [6, 6.07) is 3.51. The minimum atomic E-state index is -3.83. The number of hydrogen-bond donors (Lipinski definition) is 2. The molecule has 0 unspecified atom stereocenters. The molecule has 2 aromatic heterocycles. The van der Waals surface area contributed by atoms with Gasteiger partial charge in [-0.25, -0.2) is 14.4 Å². The molecule has 2 heterocycles. The standard InChI is InChI=1S/C23H24F4N4O2/c1-12-29-18-14(11-31(20(32)17(18)25)22(4)8-9-22)19(30-12)28-10-13-6-5-7-15(16(13)24)23(26,27)21(2,3)33/h5-7,11,33H,8-10H2,1-4H3,(H,28,29,30). The molecule has 0 atom stereocenters. The van der Waals surface area contributed by atoms with Crippen molar-refractivity contribution in [1.82, 2.24) is 14.5 Å². The second-order valence-corrected chi connectivity index (χ2v) is 9.26. The average molecular weight is 464 g/mol. The predicted molar refractivity (Wildman–Crippen MR) is 115 cm³/mol. The minimum absolute atomic E-state index is 0.0937. The van der Waals surface area contributed by atoms with Crippen molar-refractivity contribution >= 4 is 16.7 Å². The van der Waals surface area contributed by atoms with Gasteiger partial charge in [0.05, 0.1) is 10.9 Å². The first-order valence-electron chi connectivity index (χ1n) is 10.5. The van der Waals surface area contributed by atoms with Crippen molar-refractivity contribution < 1.29 is 22.7 Å². The molecular formula is C23H24F4N4O2. The lowest BCUT2D eigenvalue weighted by atomic mass is 9.92. The van der Waals surface area contributed by atoms with Gasteiger partial charge in [0.1, 0.15) is 28.6 Å². The fraction of sp³-hybridized carbons (Fsp3) is 0.435. The van der Waals surface area contributed by atoms with Gasteiger partial charge in [-0.2, -0.15) is 13.2 Å². The molecule has 2 N–H and O–H groups in total. The van der Waals surface area contributed by atoms with Crippen LogP contribution in [-0.2, 0) is 18.0 Å². The Hall–Kier alpha value is -3.01. The van der Waals surface area contributed by atoms with Gasteiger partial charge >= 0.3 is 5.92 Å². The van der Waals surface area contributed by atoms with E-state index in [0.29, 0.717) is 0 Å². The molecule has 0 aliphatic heterocycles. The van der Waals surface area contributed by atoms with Crippen molar-refractivity contribution in [3.8, 4) is 0 Å².